The smallest absolute Gasteiger partial charge is 0.409 e. The molecule has 0 spiro atoms. The molecule has 2 aromatic rings. The summed E-state index contributed by atoms with van der Waals surface area (Å²) < 4.78 is 11.1. The number of fused-ring (bicyclic) bond motifs is 1. The summed E-state index contributed by atoms with van der Waals surface area (Å²) in [7, 11) is 0. The highest BCUT2D eigenvalue weighted by Gasteiger charge is 2.36. The zero-order valence-corrected chi connectivity index (χ0v) is 29.7. The van der Waals surface area contributed by atoms with Gasteiger partial charge in [-0.1, -0.05) is 6.07 Å². The van der Waals surface area contributed by atoms with Crippen LogP contribution in [0, 0.1) is 6.92 Å². The third-order valence-electron chi connectivity index (χ3n) is 9.59. The number of carbonyl (C=O) groups is 6. The lowest BCUT2D eigenvalue weighted by molar-refractivity contribution is -0.140. The van der Waals surface area contributed by atoms with E-state index >= 15 is 0 Å². The molecule has 0 bridgehead atoms. The highest BCUT2D eigenvalue weighted by atomic mass is 16.6. The average molecular weight is 708 g/mol. The van der Waals surface area contributed by atoms with E-state index < -0.39 is 24.1 Å². The number of rotatable bonds is 13. The van der Waals surface area contributed by atoms with E-state index in [1.54, 1.807) is 35.8 Å². The van der Waals surface area contributed by atoms with Crippen molar-refractivity contribution in [3.05, 3.63) is 35.5 Å². The number of ether oxygens (including phenoxy) is 2. The molecular weight excluding hydrogens is 658 g/mol. The van der Waals surface area contributed by atoms with Gasteiger partial charge in [0.05, 0.1) is 12.1 Å². The Morgan fingerprint density at radius 1 is 0.941 bits per heavy atom. The normalized spacial score (nSPS) is 18.1. The number of aryl methyl sites for hydroxylation is 1. The molecule has 3 fully saturated rings. The topological polar surface area (TPSA) is 180 Å². The second-order valence-corrected chi connectivity index (χ2v) is 13.2. The Labute approximate surface area is 297 Å². The number of hydrogen-bond donors (Lipinski definition) is 3. The molecular formula is C36H49N7O8. The lowest BCUT2D eigenvalue weighted by Crippen LogP contribution is -2.56. The predicted molar refractivity (Wildman–Crippen MR) is 187 cm³/mol. The highest BCUT2D eigenvalue weighted by Crippen LogP contribution is 2.28. The molecule has 51 heavy (non-hydrogen) atoms. The SMILES string of the molecule is CCNC(=O)CC[C@H](NC(=O)c1cc(OCC(=O)N2CCC[C@H]2C(=O)NC2CCC2)c2ccc(C)cc2n1)C(=O)N1CCN(C(=O)OCC)CC1. The number of aromatic nitrogens is 1. The number of hydrogen-bond acceptors (Lipinski definition) is 9. The fourth-order valence-electron chi connectivity index (χ4n) is 6.55. The van der Waals surface area contributed by atoms with Gasteiger partial charge < -0.3 is 40.1 Å². The van der Waals surface area contributed by atoms with Crippen LogP contribution in [0.3, 0.4) is 0 Å². The number of benzene rings is 1. The Bertz CT molecular complexity index is 1620. The van der Waals surface area contributed by atoms with Crippen molar-refractivity contribution in [2.45, 2.75) is 83.8 Å². The van der Waals surface area contributed by atoms with E-state index in [1.807, 2.05) is 13.0 Å². The standard InChI is InChI=1S/C36H49N7O8/c1-4-37-31(44)14-13-26(35(48)41-16-18-42(19-17-41)36(49)50-5-2)40-33(46)28-21-30(25-12-11-23(3)20-27(25)39-28)51-22-32(45)43-15-7-10-29(43)34(47)38-24-8-6-9-24/h11-12,20-21,24,26,29H,4-10,13-19,22H2,1-3H3,(H,37,44)(H,38,47)(H,40,46)/t26-,29-/m0/s1. The summed E-state index contributed by atoms with van der Waals surface area (Å²) in [6, 6.07) is 5.50. The molecule has 276 valence electrons. The first-order valence-corrected chi connectivity index (χ1v) is 18.0. The minimum atomic E-state index is -1.05. The molecule has 1 aromatic carbocycles. The van der Waals surface area contributed by atoms with Crippen LogP contribution < -0.4 is 20.7 Å². The van der Waals surface area contributed by atoms with Crippen LogP contribution in [-0.2, 0) is 23.9 Å². The van der Waals surface area contributed by atoms with E-state index in [1.165, 1.54) is 11.0 Å². The van der Waals surface area contributed by atoms with Crippen LogP contribution in [0.5, 0.6) is 5.75 Å². The Morgan fingerprint density at radius 2 is 1.69 bits per heavy atom. The van der Waals surface area contributed by atoms with Crippen LogP contribution in [0.15, 0.2) is 24.3 Å². The number of nitrogens with zero attached hydrogens (tertiary/aromatic N) is 4. The van der Waals surface area contributed by atoms with E-state index in [0.29, 0.717) is 30.4 Å². The quantitative estimate of drug-likeness (QED) is 0.280. The van der Waals surface area contributed by atoms with Gasteiger partial charge in [0.15, 0.2) is 6.61 Å². The largest absolute Gasteiger partial charge is 0.483 e. The molecule has 1 aliphatic carbocycles. The van der Waals surface area contributed by atoms with Gasteiger partial charge in [-0.2, -0.15) is 0 Å². The van der Waals surface area contributed by atoms with Gasteiger partial charge in [-0.25, -0.2) is 9.78 Å². The van der Waals surface area contributed by atoms with E-state index in [2.05, 4.69) is 20.9 Å². The molecule has 3 N–H and O–H groups in total. The van der Waals surface area contributed by atoms with Crippen LogP contribution in [0.4, 0.5) is 4.79 Å². The first kappa shape index (κ1) is 37.3. The Kier molecular flexibility index (Phi) is 12.7. The predicted octanol–water partition coefficient (Wildman–Crippen LogP) is 1.90. The van der Waals surface area contributed by atoms with Gasteiger partial charge >= 0.3 is 6.09 Å². The summed E-state index contributed by atoms with van der Waals surface area (Å²) in [6.07, 6.45) is 3.92. The van der Waals surface area contributed by atoms with Crippen molar-refractivity contribution in [2.24, 2.45) is 0 Å². The number of piperazine rings is 1. The van der Waals surface area contributed by atoms with Crippen molar-refractivity contribution in [1.29, 1.82) is 0 Å². The maximum absolute atomic E-state index is 13.8. The summed E-state index contributed by atoms with van der Waals surface area (Å²) in [4.78, 5) is 87.6. The van der Waals surface area contributed by atoms with Gasteiger partial charge in [-0.3, -0.25) is 24.0 Å². The summed E-state index contributed by atoms with van der Waals surface area (Å²) >= 11 is 0. The van der Waals surface area contributed by atoms with Gasteiger partial charge in [-0.15, -0.1) is 0 Å². The lowest BCUT2D eigenvalue weighted by Gasteiger charge is -2.36. The first-order valence-electron chi connectivity index (χ1n) is 18.0. The molecule has 0 radical (unpaired) electrons. The summed E-state index contributed by atoms with van der Waals surface area (Å²) in [5.74, 6) is -1.49. The third kappa shape index (κ3) is 9.44. The van der Waals surface area contributed by atoms with Crippen molar-refractivity contribution in [3.63, 3.8) is 0 Å². The first-order chi connectivity index (χ1) is 24.6. The monoisotopic (exact) mass is 707 g/mol. The molecule has 15 heteroatoms. The Balaban J connectivity index is 1.30. The van der Waals surface area contributed by atoms with Crippen molar-refractivity contribution in [1.82, 2.24) is 35.6 Å². The van der Waals surface area contributed by atoms with Crippen molar-refractivity contribution in [3.8, 4) is 5.75 Å². The molecule has 3 heterocycles. The second kappa shape index (κ2) is 17.3. The van der Waals surface area contributed by atoms with Crippen molar-refractivity contribution >= 4 is 46.5 Å². The van der Waals surface area contributed by atoms with Crippen LogP contribution in [-0.4, -0.2) is 126 Å². The third-order valence-corrected chi connectivity index (χ3v) is 9.59. The van der Waals surface area contributed by atoms with Crippen LogP contribution in [0.25, 0.3) is 10.9 Å². The average Bonchev–Trinajstić information content (AvgIpc) is 3.60. The molecule has 5 rings (SSSR count). The minimum absolute atomic E-state index is 0.00427. The summed E-state index contributed by atoms with van der Waals surface area (Å²) in [5.41, 5.74) is 1.32. The molecule has 0 unspecified atom stereocenters. The molecule has 3 aliphatic rings. The Hall–Kier alpha value is -4.95. The lowest BCUT2D eigenvalue weighted by atomic mass is 9.93. The van der Waals surface area contributed by atoms with Gasteiger partial charge in [0, 0.05) is 63.2 Å². The number of nitrogens with one attached hydrogen (secondary N) is 3. The summed E-state index contributed by atoms with van der Waals surface area (Å²) in [6.45, 7) is 7.22. The van der Waals surface area contributed by atoms with E-state index in [-0.39, 0.29) is 93.3 Å². The molecule has 2 aliphatic heterocycles. The van der Waals surface area contributed by atoms with Gasteiger partial charge in [-0.05, 0) is 77.0 Å². The van der Waals surface area contributed by atoms with Crippen LogP contribution in [0.1, 0.15) is 74.8 Å². The molecule has 2 atom stereocenters. The fourth-order valence-corrected chi connectivity index (χ4v) is 6.55. The molecule has 6 amide bonds. The van der Waals surface area contributed by atoms with Crippen molar-refractivity contribution < 1.29 is 38.2 Å². The number of pyridine rings is 1. The summed E-state index contributed by atoms with van der Waals surface area (Å²) in [5, 5.41) is 9.14. The highest BCUT2D eigenvalue weighted by molar-refractivity contribution is 5.99. The zero-order chi connectivity index (χ0) is 36.5. The molecule has 15 nitrogen and oxygen atoms in total. The minimum Gasteiger partial charge on any atom is -0.483 e. The maximum atomic E-state index is 13.8. The van der Waals surface area contributed by atoms with Gasteiger partial charge in [0.25, 0.3) is 11.8 Å². The van der Waals surface area contributed by atoms with E-state index in [4.69, 9.17) is 9.47 Å². The molecule has 1 saturated carbocycles. The van der Waals surface area contributed by atoms with Crippen LogP contribution >= 0.6 is 0 Å². The van der Waals surface area contributed by atoms with E-state index in [9.17, 15) is 28.8 Å². The van der Waals surface area contributed by atoms with Gasteiger partial charge in [0.1, 0.15) is 23.5 Å². The molecule has 1 aromatic heterocycles. The molecule has 2 saturated heterocycles. The van der Waals surface area contributed by atoms with E-state index in [0.717, 1.165) is 31.2 Å². The number of amides is 6. The zero-order valence-electron chi connectivity index (χ0n) is 29.7. The van der Waals surface area contributed by atoms with Gasteiger partial charge in [0.2, 0.25) is 17.7 Å². The van der Waals surface area contributed by atoms with Crippen molar-refractivity contribution in [2.75, 3.05) is 52.5 Å². The Morgan fingerprint density at radius 3 is 2.37 bits per heavy atom. The second-order valence-electron chi connectivity index (χ2n) is 13.2. The number of carbonyl (C=O) groups excluding carboxylic acids is 6. The maximum Gasteiger partial charge on any atom is 0.409 e. The fraction of sp³-hybridized carbons (Fsp3) is 0.583. The van der Waals surface area contributed by atoms with Crippen LogP contribution in [0.2, 0.25) is 0 Å². The number of likely N-dealkylation sites (tertiary alicyclic amines) is 1.